The van der Waals surface area contributed by atoms with Crippen LogP contribution in [0.5, 0.6) is 0 Å². The van der Waals surface area contributed by atoms with Crippen LogP contribution < -0.4 is 0 Å². The van der Waals surface area contributed by atoms with E-state index in [0.29, 0.717) is 6.54 Å². The number of hydrogen-bond acceptors (Lipinski definition) is 3. The molecule has 0 radical (unpaired) electrons. The monoisotopic (exact) mass is 225 g/mol. The molecule has 0 saturated carbocycles. The van der Waals surface area contributed by atoms with Gasteiger partial charge in [-0.15, -0.1) is 0 Å². The van der Waals surface area contributed by atoms with Gasteiger partial charge in [0, 0.05) is 18.0 Å². The lowest BCUT2D eigenvalue weighted by atomic mass is 10.2. The Hall–Kier alpha value is -2.43. The maximum atomic E-state index is 4.37. The minimum Gasteiger partial charge on any atom is -0.323 e. The standard InChI is InChI=1S/C12H11N5/c1-2-4-10(5-3-1)12-13-6-7-17(12)8-11-14-9-15-16-11/h1-7,9H,8H2,(H,14,15,16). The number of nitrogens with one attached hydrogen (secondary N) is 1. The van der Waals surface area contributed by atoms with Crippen LogP contribution in [0.1, 0.15) is 5.82 Å². The predicted molar refractivity (Wildman–Crippen MR) is 63.1 cm³/mol. The summed E-state index contributed by atoms with van der Waals surface area (Å²) in [5, 5.41) is 6.68. The molecule has 2 aromatic heterocycles. The number of rotatable bonds is 3. The van der Waals surface area contributed by atoms with Gasteiger partial charge in [0.15, 0.2) is 0 Å². The smallest absolute Gasteiger partial charge is 0.144 e. The highest BCUT2D eigenvalue weighted by atomic mass is 15.2. The maximum Gasteiger partial charge on any atom is 0.144 e. The van der Waals surface area contributed by atoms with Crippen molar-refractivity contribution in [2.45, 2.75) is 6.54 Å². The molecule has 17 heavy (non-hydrogen) atoms. The highest BCUT2D eigenvalue weighted by molar-refractivity contribution is 5.55. The fourth-order valence-electron chi connectivity index (χ4n) is 1.75. The van der Waals surface area contributed by atoms with Crippen LogP contribution in [0.15, 0.2) is 49.1 Å². The molecule has 0 spiro atoms. The third-order valence-corrected chi connectivity index (χ3v) is 2.53. The zero-order valence-corrected chi connectivity index (χ0v) is 9.11. The summed E-state index contributed by atoms with van der Waals surface area (Å²) in [6.07, 6.45) is 5.23. The maximum absolute atomic E-state index is 4.37. The first-order chi connectivity index (χ1) is 8.43. The Kier molecular flexibility index (Phi) is 2.42. The molecule has 5 heteroatoms. The molecular weight excluding hydrogens is 214 g/mol. The van der Waals surface area contributed by atoms with Crippen molar-refractivity contribution >= 4 is 0 Å². The molecule has 1 N–H and O–H groups in total. The fourth-order valence-corrected chi connectivity index (χ4v) is 1.75. The van der Waals surface area contributed by atoms with E-state index in [0.717, 1.165) is 17.2 Å². The normalized spacial score (nSPS) is 10.6. The van der Waals surface area contributed by atoms with Gasteiger partial charge in [-0.2, -0.15) is 5.10 Å². The van der Waals surface area contributed by atoms with Crippen LogP contribution in [-0.2, 0) is 6.54 Å². The van der Waals surface area contributed by atoms with Crippen LogP contribution in [0.4, 0.5) is 0 Å². The van der Waals surface area contributed by atoms with Gasteiger partial charge in [-0.1, -0.05) is 30.3 Å². The van der Waals surface area contributed by atoms with E-state index in [2.05, 4.69) is 20.2 Å². The number of nitrogens with zero attached hydrogens (tertiary/aromatic N) is 4. The number of benzene rings is 1. The van der Waals surface area contributed by atoms with Gasteiger partial charge in [-0.3, -0.25) is 5.10 Å². The fraction of sp³-hybridized carbons (Fsp3) is 0.0833. The average molecular weight is 225 g/mol. The van der Waals surface area contributed by atoms with Crippen LogP contribution in [0, 0.1) is 0 Å². The van der Waals surface area contributed by atoms with E-state index >= 15 is 0 Å². The van der Waals surface area contributed by atoms with E-state index in [1.165, 1.54) is 6.33 Å². The number of aromatic amines is 1. The largest absolute Gasteiger partial charge is 0.323 e. The molecule has 0 unspecified atom stereocenters. The van der Waals surface area contributed by atoms with Crippen molar-refractivity contribution in [1.82, 2.24) is 24.7 Å². The van der Waals surface area contributed by atoms with E-state index < -0.39 is 0 Å². The van der Waals surface area contributed by atoms with Gasteiger partial charge in [-0.25, -0.2) is 9.97 Å². The van der Waals surface area contributed by atoms with E-state index in [1.54, 1.807) is 6.20 Å². The van der Waals surface area contributed by atoms with Crippen molar-refractivity contribution < 1.29 is 0 Å². The first kappa shape index (κ1) is 9.77. The zero-order valence-electron chi connectivity index (χ0n) is 9.11. The summed E-state index contributed by atoms with van der Waals surface area (Å²) in [4.78, 5) is 8.48. The van der Waals surface area contributed by atoms with Gasteiger partial charge in [0.1, 0.15) is 18.0 Å². The van der Waals surface area contributed by atoms with Crippen molar-refractivity contribution in [1.29, 1.82) is 0 Å². The molecule has 5 nitrogen and oxygen atoms in total. The Morgan fingerprint density at radius 1 is 1.12 bits per heavy atom. The third kappa shape index (κ3) is 1.94. The zero-order chi connectivity index (χ0) is 11.5. The Labute approximate surface area is 98.2 Å². The SMILES string of the molecule is c1ccc(-c2nccn2Cc2ncn[nH]2)cc1. The van der Waals surface area contributed by atoms with E-state index in [9.17, 15) is 0 Å². The third-order valence-electron chi connectivity index (χ3n) is 2.53. The summed E-state index contributed by atoms with van der Waals surface area (Å²) in [6.45, 7) is 0.643. The average Bonchev–Trinajstić information content (AvgIpc) is 3.02. The Morgan fingerprint density at radius 3 is 2.76 bits per heavy atom. The van der Waals surface area contributed by atoms with Crippen LogP contribution in [0.3, 0.4) is 0 Å². The van der Waals surface area contributed by atoms with Crippen molar-refractivity contribution in [2.75, 3.05) is 0 Å². The summed E-state index contributed by atoms with van der Waals surface area (Å²) < 4.78 is 2.04. The second kappa shape index (κ2) is 4.21. The van der Waals surface area contributed by atoms with Crippen LogP contribution in [0.25, 0.3) is 11.4 Å². The summed E-state index contributed by atoms with van der Waals surface area (Å²) in [5.41, 5.74) is 1.09. The Bertz CT molecular complexity index is 582. The lowest BCUT2D eigenvalue weighted by molar-refractivity contribution is 0.755. The van der Waals surface area contributed by atoms with Gasteiger partial charge < -0.3 is 4.57 Å². The Balaban J connectivity index is 1.95. The molecule has 3 aromatic rings. The highest BCUT2D eigenvalue weighted by Crippen LogP contribution is 2.17. The molecule has 0 atom stereocenters. The molecule has 0 bridgehead atoms. The van der Waals surface area contributed by atoms with Gasteiger partial charge >= 0.3 is 0 Å². The molecule has 0 aliphatic heterocycles. The quantitative estimate of drug-likeness (QED) is 0.738. The van der Waals surface area contributed by atoms with Crippen molar-refractivity contribution in [2.24, 2.45) is 0 Å². The molecular formula is C12H11N5. The minimum absolute atomic E-state index is 0.643. The number of imidazole rings is 1. The minimum atomic E-state index is 0.643. The molecule has 3 rings (SSSR count). The summed E-state index contributed by atoms with van der Waals surface area (Å²) >= 11 is 0. The van der Waals surface area contributed by atoms with Gasteiger partial charge in [0.2, 0.25) is 0 Å². The number of H-pyrrole nitrogens is 1. The first-order valence-electron chi connectivity index (χ1n) is 5.34. The van der Waals surface area contributed by atoms with E-state index in [-0.39, 0.29) is 0 Å². The predicted octanol–water partition coefficient (Wildman–Crippen LogP) is 1.72. The molecule has 84 valence electrons. The first-order valence-corrected chi connectivity index (χ1v) is 5.34. The molecule has 0 fully saturated rings. The lowest BCUT2D eigenvalue weighted by Gasteiger charge is -2.05. The number of aromatic nitrogens is 5. The second-order valence-corrected chi connectivity index (χ2v) is 3.68. The van der Waals surface area contributed by atoms with E-state index in [4.69, 9.17) is 0 Å². The second-order valence-electron chi connectivity index (χ2n) is 3.68. The van der Waals surface area contributed by atoms with Gasteiger partial charge in [0.05, 0.1) is 6.54 Å². The van der Waals surface area contributed by atoms with Crippen molar-refractivity contribution in [3.63, 3.8) is 0 Å². The van der Waals surface area contributed by atoms with Gasteiger partial charge in [-0.05, 0) is 0 Å². The molecule has 0 aliphatic rings. The molecule has 0 saturated heterocycles. The van der Waals surface area contributed by atoms with Crippen molar-refractivity contribution in [3.8, 4) is 11.4 Å². The number of hydrogen-bond donors (Lipinski definition) is 1. The van der Waals surface area contributed by atoms with Crippen molar-refractivity contribution in [3.05, 3.63) is 54.9 Å². The Morgan fingerprint density at radius 2 is 2.00 bits per heavy atom. The van der Waals surface area contributed by atoms with E-state index in [1.807, 2.05) is 41.1 Å². The molecule has 2 heterocycles. The van der Waals surface area contributed by atoms with Crippen LogP contribution in [0.2, 0.25) is 0 Å². The molecule has 0 aliphatic carbocycles. The van der Waals surface area contributed by atoms with Crippen LogP contribution >= 0.6 is 0 Å². The molecule has 1 aromatic carbocycles. The topological polar surface area (TPSA) is 59.4 Å². The van der Waals surface area contributed by atoms with Crippen LogP contribution in [-0.4, -0.2) is 24.7 Å². The lowest BCUT2D eigenvalue weighted by Crippen LogP contribution is -2.02. The molecule has 0 amide bonds. The summed E-state index contributed by atoms with van der Waals surface area (Å²) in [5.74, 6) is 1.75. The summed E-state index contributed by atoms with van der Waals surface area (Å²) in [6, 6.07) is 10.1. The summed E-state index contributed by atoms with van der Waals surface area (Å²) in [7, 11) is 0. The van der Waals surface area contributed by atoms with Gasteiger partial charge in [0.25, 0.3) is 0 Å². The highest BCUT2D eigenvalue weighted by Gasteiger charge is 2.06.